The van der Waals surface area contributed by atoms with Gasteiger partial charge in [0.25, 0.3) is 0 Å². The number of nitrogens with zero attached hydrogens (tertiary/aromatic N) is 2. The summed E-state index contributed by atoms with van der Waals surface area (Å²) in [4.78, 5) is 4.40. The van der Waals surface area contributed by atoms with Crippen LogP contribution in [0.2, 0.25) is 0 Å². The predicted molar refractivity (Wildman–Crippen MR) is 80.4 cm³/mol. The predicted octanol–water partition coefficient (Wildman–Crippen LogP) is 4.16. The van der Waals surface area contributed by atoms with Crippen LogP contribution in [0.5, 0.6) is 0 Å². The van der Waals surface area contributed by atoms with Gasteiger partial charge >= 0.3 is 0 Å². The summed E-state index contributed by atoms with van der Waals surface area (Å²) in [5.74, 6) is 0.960. The Kier molecular flexibility index (Phi) is 4.61. The average molecular weight is 257 g/mol. The fraction of sp³-hybridized carbons (Fsp3) is 0.438. The lowest BCUT2D eigenvalue weighted by atomic mass is 10.1. The van der Waals surface area contributed by atoms with Crippen LogP contribution in [0.4, 0.5) is 5.95 Å². The molecule has 0 radical (unpaired) electrons. The maximum absolute atomic E-state index is 4.40. The van der Waals surface area contributed by atoms with Crippen LogP contribution in [0.3, 0.4) is 0 Å². The number of anilines is 1. The molecular weight excluding hydrogens is 234 g/mol. The van der Waals surface area contributed by atoms with Gasteiger partial charge in [-0.2, -0.15) is 0 Å². The smallest absolute Gasteiger partial charge is 0.203 e. The molecule has 1 aromatic heterocycles. The van der Waals surface area contributed by atoms with Gasteiger partial charge in [-0.05, 0) is 25.8 Å². The number of aryl methyl sites for hydroxylation is 2. The van der Waals surface area contributed by atoms with Crippen molar-refractivity contribution in [2.45, 2.75) is 46.2 Å². The van der Waals surface area contributed by atoms with E-state index < -0.39 is 0 Å². The number of aromatic nitrogens is 2. The summed E-state index contributed by atoms with van der Waals surface area (Å²) in [7, 11) is 0. The van der Waals surface area contributed by atoms with Crippen LogP contribution in [0.15, 0.2) is 36.7 Å². The molecule has 0 aliphatic rings. The van der Waals surface area contributed by atoms with E-state index in [0.29, 0.717) is 0 Å². The first-order chi connectivity index (χ1) is 9.20. The third-order valence-corrected chi connectivity index (χ3v) is 3.39. The fourth-order valence-corrected chi connectivity index (χ4v) is 2.09. The number of hydrogen-bond acceptors (Lipinski definition) is 2. The van der Waals surface area contributed by atoms with Crippen molar-refractivity contribution in [2.75, 3.05) is 5.32 Å². The highest BCUT2D eigenvalue weighted by Crippen LogP contribution is 2.18. The average Bonchev–Trinajstić information content (AvgIpc) is 2.84. The first-order valence-electron chi connectivity index (χ1n) is 7.05. The van der Waals surface area contributed by atoms with E-state index in [1.807, 2.05) is 12.4 Å². The largest absolute Gasteiger partial charge is 0.349 e. The molecular formula is C16H23N3. The second-order valence-electron chi connectivity index (χ2n) is 5.07. The summed E-state index contributed by atoms with van der Waals surface area (Å²) in [5.41, 5.74) is 2.58. The molecule has 1 N–H and O–H groups in total. The molecule has 0 saturated carbocycles. The van der Waals surface area contributed by atoms with Gasteiger partial charge in [-0.3, -0.25) is 0 Å². The van der Waals surface area contributed by atoms with Crippen molar-refractivity contribution >= 4 is 5.95 Å². The van der Waals surface area contributed by atoms with Gasteiger partial charge in [-0.15, -0.1) is 0 Å². The second kappa shape index (κ2) is 6.41. The highest BCUT2D eigenvalue weighted by molar-refractivity contribution is 5.33. The normalized spacial score (nSPS) is 12.4. The van der Waals surface area contributed by atoms with E-state index in [-0.39, 0.29) is 6.04 Å². The molecule has 3 heteroatoms. The zero-order valence-corrected chi connectivity index (χ0v) is 12.1. The van der Waals surface area contributed by atoms with Crippen LogP contribution in [0, 0.1) is 6.92 Å². The Balaban J connectivity index is 2.04. The van der Waals surface area contributed by atoms with Crippen LogP contribution < -0.4 is 5.32 Å². The molecule has 3 nitrogen and oxygen atoms in total. The molecule has 102 valence electrons. The van der Waals surface area contributed by atoms with Crippen molar-refractivity contribution in [3.63, 3.8) is 0 Å². The van der Waals surface area contributed by atoms with Crippen LogP contribution in [-0.4, -0.2) is 9.55 Å². The third kappa shape index (κ3) is 3.60. The molecule has 0 amide bonds. The van der Waals surface area contributed by atoms with Gasteiger partial charge in [0.15, 0.2) is 0 Å². The van der Waals surface area contributed by atoms with E-state index in [1.165, 1.54) is 24.0 Å². The minimum atomic E-state index is 0.267. The highest BCUT2D eigenvalue weighted by atomic mass is 15.2. The Labute approximate surface area is 115 Å². The standard InChI is InChI=1S/C16H23N3/c1-4-5-11-19-12-10-17-16(19)18-14(3)15-8-6-13(2)7-9-15/h6-10,12,14H,4-5,11H2,1-3H3,(H,17,18). The minimum Gasteiger partial charge on any atom is -0.349 e. The summed E-state index contributed by atoms with van der Waals surface area (Å²) in [5, 5.41) is 3.49. The second-order valence-corrected chi connectivity index (χ2v) is 5.07. The third-order valence-electron chi connectivity index (χ3n) is 3.39. The number of hydrogen-bond donors (Lipinski definition) is 1. The molecule has 0 spiro atoms. The van der Waals surface area contributed by atoms with Gasteiger partial charge in [0.2, 0.25) is 5.95 Å². The van der Waals surface area contributed by atoms with Crippen molar-refractivity contribution in [1.29, 1.82) is 0 Å². The molecule has 2 aromatic rings. The summed E-state index contributed by atoms with van der Waals surface area (Å²) < 4.78 is 2.19. The fourth-order valence-electron chi connectivity index (χ4n) is 2.09. The molecule has 1 atom stereocenters. The molecule has 0 bridgehead atoms. The number of unbranched alkanes of at least 4 members (excludes halogenated alkanes) is 1. The van der Waals surface area contributed by atoms with Crippen molar-refractivity contribution in [2.24, 2.45) is 0 Å². The summed E-state index contributed by atoms with van der Waals surface area (Å²) in [6.07, 6.45) is 6.29. The molecule has 1 heterocycles. The Hall–Kier alpha value is -1.77. The molecule has 1 aromatic carbocycles. The van der Waals surface area contributed by atoms with E-state index in [4.69, 9.17) is 0 Å². The Bertz CT molecular complexity index is 499. The number of rotatable bonds is 6. The van der Waals surface area contributed by atoms with E-state index in [1.54, 1.807) is 0 Å². The van der Waals surface area contributed by atoms with Crippen molar-refractivity contribution in [3.05, 3.63) is 47.8 Å². The Morgan fingerprint density at radius 2 is 2.00 bits per heavy atom. The van der Waals surface area contributed by atoms with Crippen molar-refractivity contribution in [3.8, 4) is 0 Å². The maximum Gasteiger partial charge on any atom is 0.203 e. The Morgan fingerprint density at radius 3 is 2.68 bits per heavy atom. The molecule has 0 aliphatic heterocycles. The zero-order chi connectivity index (χ0) is 13.7. The molecule has 19 heavy (non-hydrogen) atoms. The lowest BCUT2D eigenvalue weighted by Gasteiger charge is -2.16. The molecule has 0 fully saturated rings. The van der Waals surface area contributed by atoms with Crippen LogP contribution in [-0.2, 0) is 6.54 Å². The van der Waals surface area contributed by atoms with Crippen LogP contribution >= 0.6 is 0 Å². The van der Waals surface area contributed by atoms with Gasteiger partial charge in [-0.25, -0.2) is 4.98 Å². The molecule has 0 aliphatic carbocycles. The molecule has 2 rings (SSSR count). The lowest BCUT2D eigenvalue weighted by Crippen LogP contribution is -2.11. The van der Waals surface area contributed by atoms with Crippen molar-refractivity contribution < 1.29 is 0 Å². The van der Waals surface area contributed by atoms with E-state index in [0.717, 1.165) is 12.5 Å². The first-order valence-corrected chi connectivity index (χ1v) is 7.05. The lowest BCUT2D eigenvalue weighted by molar-refractivity contribution is 0.631. The number of benzene rings is 1. The molecule has 0 saturated heterocycles. The first kappa shape index (κ1) is 13.7. The van der Waals surface area contributed by atoms with Gasteiger partial charge in [0.05, 0.1) is 6.04 Å². The zero-order valence-electron chi connectivity index (χ0n) is 12.1. The summed E-state index contributed by atoms with van der Waals surface area (Å²) in [6, 6.07) is 8.91. The van der Waals surface area contributed by atoms with Crippen LogP contribution in [0.1, 0.15) is 43.9 Å². The van der Waals surface area contributed by atoms with Gasteiger partial charge < -0.3 is 9.88 Å². The monoisotopic (exact) mass is 257 g/mol. The SMILES string of the molecule is CCCCn1ccnc1NC(C)c1ccc(C)cc1. The summed E-state index contributed by atoms with van der Waals surface area (Å²) >= 11 is 0. The van der Waals surface area contributed by atoms with E-state index >= 15 is 0 Å². The number of nitrogens with one attached hydrogen (secondary N) is 1. The maximum atomic E-state index is 4.40. The molecule has 1 unspecified atom stereocenters. The quantitative estimate of drug-likeness (QED) is 0.842. The van der Waals surface area contributed by atoms with Crippen molar-refractivity contribution in [1.82, 2.24) is 9.55 Å². The van der Waals surface area contributed by atoms with Gasteiger partial charge in [0, 0.05) is 18.9 Å². The summed E-state index contributed by atoms with van der Waals surface area (Å²) in [6.45, 7) is 7.52. The van der Waals surface area contributed by atoms with E-state index in [9.17, 15) is 0 Å². The number of imidazole rings is 1. The topological polar surface area (TPSA) is 29.9 Å². The minimum absolute atomic E-state index is 0.267. The van der Waals surface area contributed by atoms with E-state index in [2.05, 4.69) is 59.9 Å². The van der Waals surface area contributed by atoms with Gasteiger partial charge in [0.1, 0.15) is 0 Å². The van der Waals surface area contributed by atoms with Crippen LogP contribution in [0.25, 0.3) is 0 Å². The van der Waals surface area contributed by atoms with Gasteiger partial charge in [-0.1, -0.05) is 43.2 Å². The Morgan fingerprint density at radius 1 is 1.26 bits per heavy atom. The highest BCUT2D eigenvalue weighted by Gasteiger charge is 2.08.